The van der Waals surface area contributed by atoms with Gasteiger partial charge in [-0.3, -0.25) is 0 Å². The summed E-state index contributed by atoms with van der Waals surface area (Å²) in [6, 6.07) is 51.3. The van der Waals surface area contributed by atoms with Gasteiger partial charge in [-0.05, 0) is 51.6 Å². The standard InChI is InChI=1S/C51H31N3OS/c1-3-11-32(12-4-1)33-21-25-36(26-22-33)49-52-50(54-51(53-49)38-29-30-42-41-15-7-8-20-45(41)55-46(42)31-38)37-27-23-35(24-28-37)40-17-10-19-44-43-18-9-16-39(47(43)56-48(40)44)34-13-5-2-6-14-34/h1-31H/i2D,5D,6D,13D,14D. The van der Waals surface area contributed by atoms with E-state index in [4.69, 9.17) is 26.2 Å². The van der Waals surface area contributed by atoms with Gasteiger partial charge < -0.3 is 4.42 Å². The van der Waals surface area contributed by atoms with Crippen molar-refractivity contribution in [2.75, 3.05) is 0 Å². The van der Waals surface area contributed by atoms with E-state index in [-0.39, 0.29) is 29.7 Å². The fourth-order valence-electron chi connectivity index (χ4n) is 7.50. The van der Waals surface area contributed by atoms with Crippen LogP contribution in [-0.2, 0) is 0 Å². The number of hydrogen-bond donors (Lipinski definition) is 0. The van der Waals surface area contributed by atoms with Crippen molar-refractivity contribution in [3.05, 3.63) is 188 Å². The maximum atomic E-state index is 8.68. The molecule has 3 heterocycles. The zero-order chi connectivity index (χ0) is 41.4. The molecule has 0 radical (unpaired) electrons. The largest absolute Gasteiger partial charge is 0.456 e. The SMILES string of the molecule is [2H]c1c([2H])c([2H])c(-c2cccc3c2sc2c(-c4ccc(-c5nc(-c6ccc(-c7ccccc7)cc6)nc(-c6ccc7c(c6)oc6ccccc67)n5)cc4)cccc23)c([2H])c1[2H]. The van der Waals surface area contributed by atoms with E-state index in [0.29, 0.717) is 23.0 Å². The summed E-state index contributed by atoms with van der Waals surface area (Å²) in [5.41, 5.74) is 9.15. The molecule has 11 rings (SSSR count). The van der Waals surface area contributed by atoms with Crippen LogP contribution in [-0.4, -0.2) is 15.0 Å². The molecular weight excluding hydrogens is 703 g/mol. The van der Waals surface area contributed by atoms with Crippen LogP contribution in [0.2, 0.25) is 0 Å². The lowest BCUT2D eigenvalue weighted by atomic mass is 9.99. The average molecular weight is 739 g/mol. The van der Waals surface area contributed by atoms with E-state index in [9.17, 15) is 0 Å². The summed E-state index contributed by atoms with van der Waals surface area (Å²) in [4.78, 5) is 15.1. The van der Waals surface area contributed by atoms with Crippen LogP contribution >= 0.6 is 11.3 Å². The average Bonchev–Trinajstić information content (AvgIpc) is 3.89. The van der Waals surface area contributed by atoms with Crippen LogP contribution in [0.5, 0.6) is 0 Å². The molecule has 0 aliphatic heterocycles. The van der Waals surface area contributed by atoms with Crippen LogP contribution in [0.25, 0.3) is 110 Å². The van der Waals surface area contributed by atoms with Crippen LogP contribution in [0, 0.1) is 0 Å². The molecule has 0 N–H and O–H groups in total. The summed E-state index contributed by atoms with van der Waals surface area (Å²) in [7, 11) is 0. The first-order chi connectivity index (χ1) is 29.8. The molecule has 8 aromatic carbocycles. The van der Waals surface area contributed by atoms with Crippen LogP contribution in [0.1, 0.15) is 6.85 Å². The highest BCUT2D eigenvalue weighted by molar-refractivity contribution is 7.26. The smallest absolute Gasteiger partial charge is 0.164 e. The maximum absolute atomic E-state index is 8.68. The molecule has 0 bridgehead atoms. The molecule has 0 aliphatic rings. The predicted molar refractivity (Wildman–Crippen MR) is 233 cm³/mol. The van der Waals surface area contributed by atoms with E-state index < -0.39 is 6.04 Å². The Bertz CT molecular complexity index is 3500. The lowest BCUT2D eigenvalue weighted by Crippen LogP contribution is -2.00. The van der Waals surface area contributed by atoms with Crippen molar-refractivity contribution in [2.45, 2.75) is 0 Å². The third-order valence-electron chi connectivity index (χ3n) is 10.3. The van der Waals surface area contributed by atoms with Gasteiger partial charge in [0.15, 0.2) is 17.5 Å². The number of rotatable bonds is 6. The first-order valence-corrected chi connectivity index (χ1v) is 19.1. The van der Waals surface area contributed by atoms with Crippen molar-refractivity contribution in [1.29, 1.82) is 0 Å². The number of furan rings is 1. The van der Waals surface area contributed by atoms with Crippen LogP contribution in [0.3, 0.4) is 0 Å². The molecule has 0 atom stereocenters. The Kier molecular flexibility index (Phi) is 6.49. The number of thiophene rings is 1. The van der Waals surface area contributed by atoms with Gasteiger partial charge in [0.25, 0.3) is 0 Å². The van der Waals surface area contributed by atoms with E-state index in [1.807, 2.05) is 97.1 Å². The van der Waals surface area contributed by atoms with Crippen LogP contribution < -0.4 is 0 Å². The molecule has 3 aromatic heterocycles. The van der Waals surface area contributed by atoms with Gasteiger partial charge in [0.1, 0.15) is 11.2 Å². The summed E-state index contributed by atoms with van der Waals surface area (Å²) >= 11 is 1.56. The monoisotopic (exact) mass is 738 g/mol. The molecule has 0 fully saturated rings. The second-order valence-electron chi connectivity index (χ2n) is 13.6. The quantitative estimate of drug-likeness (QED) is 0.170. The number of fused-ring (bicyclic) bond motifs is 6. The summed E-state index contributed by atoms with van der Waals surface area (Å²) in [5.74, 6) is 1.62. The Morgan fingerprint density at radius 1 is 0.375 bits per heavy atom. The number of hydrogen-bond acceptors (Lipinski definition) is 5. The van der Waals surface area contributed by atoms with Gasteiger partial charge in [-0.25, -0.2) is 15.0 Å². The molecule has 0 spiro atoms. The van der Waals surface area contributed by atoms with E-state index >= 15 is 0 Å². The highest BCUT2D eigenvalue weighted by Crippen LogP contribution is 2.44. The highest BCUT2D eigenvalue weighted by Gasteiger charge is 2.17. The van der Waals surface area contributed by atoms with Gasteiger partial charge in [0, 0.05) is 47.6 Å². The lowest BCUT2D eigenvalue weighted by Gasteiger charge is -2.10. The van der Waals surface area contributed by atoms with Crippen molar-refractivity contribution >= 4 is 53.4 Å². The molecule has 11 aromatic rings. The van der Waals surface area contributed by atoms with Gasteiger partial charge in [-0.2, -0.15) is 0 Å². The molecule has 56 heavy (non-hydrogen) atoms. The van der Waals surface area contributed by atoms with Gasteiger partial charge in [-0.1, -0.05) is 170 Å². The molecular formula is C51H31N3OS. The summed E-state index contributed by atoms with van der Waals surface area (Å²) in [6.45, 7) is 0. The predicted octanol–water partition coefficient (Wildman–Crippen LogP) is 14.1. The van der Waals surface area contributed by atoms with Crippen molar-refractivity contribution < 1.29 is 11.3 Å². The number of nitrogens with zero attached hydrogens (tertiary/aromatic N) is 3. The molecule has 4 nitrogen and oxygen atoms in total. The summed E-state index contributed by atoms with van der Waals surface area (Å²) < 4.78 is 50.2. The topological polar surface area (TPSA) is 51.8 Å². The summed E-state index contributed by atoms with van der Waals surface area (Å²) in [6.07, 6.45) is 0. The number of aromatic nitrogens is 3. The fraction of sp³-hybridized carbons (Fsp3) is 0. The van der Waals surface area contributed by atoms with E-state index in [1.165, 1.54) is 0 Å². The van der Waals surface area contributed by atoms with Gasteiger partial charge >= 0.3 is 0 Å². The van der Waals surface area contributed by atoms with Gasteiger partial charge in [0.2, 0.25) is 0 Å². The molecule has 0 saturated heterocycles. The minimum Gasteiger partial charge on any atom is -0.456 e. The lowest BCUT2D eigenvalue weighted by molar-refractivity contribution is 0.669. The molecule has 262 valence electrons. The minimum atomic E-state index is -0.403. The van der Waals surface area contributed by atoms with Crippen LogP contribution in [0.4, 0.5) is 0 Å². The Morgan fingerprint density at radius 3 is 1.55 bits per heavy atom. The van der Waals surface area contributed by atoms with E-state index in [1.54, 1.807) is 11.3 Å². The Balaban J connectivity index is 1.01. The zero-order valence-corrected chi connectivity index (χ0v) is 30.5. The van der Waals surface area contributed by atoms with E-state index in [0.717, 1.165) is 81.1 Å². The molecule has 0 amide bonds. The Hall–Kier alpha value is -7.21. The Labute approximate surface area is 334 Å². The van der Waals surface area contributed by atoms with Crippen molar-refractivity contribution in [1.82, 2.24) is 15.0 Å². The summed E-state index contributed by atoms with van der Waals surface area (Å²) in [5, 5.41) is 4.08. The number of para-hydroxylation sites is 1. The molecule has 0 saturated carbocycles. The van der Waals surface area contributed by atoms with Crippen molar-refractivity contribution in [2.24, 2.45) is 0 Å². The maximum Gasteiger partial charge on any atom is 0.164 e. The van der Waals surface area contributed by atoms with Crippen molar-refractivity contribution in [3.63, 3.8) is 0 Å². The second-order valence-corrected chi connectivity index (χ2v) is 14.6. The fourth-order valence-corrected chi connectivity index (χ4v) is 8.85. The molecule has 5 heteroatoms. The van der Waals surface area contributed by atoms with E-state index in [2.05, 4.69) is 60.7 Å². The normalized spacial score (nSPS) is 12.8. The first kappa shape index (κ1) is 27.4. The number of benzene rings is 8. The first-order valence-electron chi connectivity index (χ1n) is 20.8. The zero-order valence-electron chi connectivity index (χ0n) is 34.7. The minimum absolute atomic E-state index is 0.204. The molecule has 0 aliphatic carbocycles. The highest BCUT2D eigenvalue weighted by atomic mass is 32.1. The van der Waals surface area contributed by atoms with Crippen molar-refractivity contribution in [3.8, 4) is 67.5 Å². The van der Waals surface area contributed by atoms with Gasteiger partial charge in [-0.15, -0.1) is 11.3 Å². The third kappa shape index (κ3) is 5.56. The van der Waals surface area contributed by atoms with Gasteiger partial charge in [0.05, 0.1) is 6.85 Å². The van der Waals surface area contributed by atoms with Crippen LogP contribution in [0.15, 0.2) is 192 Å². The third-order valence-corrected chi connectivity index (χ3v) is 11.6. The second kappa shape index (κ2) is 13.3. The Morgan fingerprint density at radius 2 is 0.875 bits per heavy atom. The molecule has 0 unspecified atom stereocenters.